The van der Waals surface area contributed by atoms with E-state index in [1.54, 1.807) is 0 Å². The van der Waals surface area contributed by atoms with Crippen molar-refractivity contribution >= 4 is 11.9 Å². The fourth-order valence-electron chi connectivity index (χ4n) is 2.46. The predicted octanol–water partition coefficient (Wildman–Crippen LogP) is 1.65. The normalized spacial score (nSPS) is 20.7. The number of carbonyl (C=O) groups excluding carboxylic acids is 1. The Morgan fingerprint density at radius 3 is 2.52 bits per heavy atom. The van der Waals surface area contributed by atoms with Gasteiger partial charge in [-0.2, -0.15) is 5.10 Å². The monoisotopic (exact) mass is 321 g/mol. The smallest absolute Gasteiger partial charge is 0.343 e. The molecule has 1 aliphatic heterocycles. The Labute approximate surface area is 129 Å². The summed E-state index contributed by atoms with van der Waals surface area (Å²) in [4.78, 5) is 24.3. The van der Waals surface area contributed by atoms with Crippen LogP contribution in [0.3, 0.4) is 0 Å². The summed E-state index contributed by atoms with van der Waals surface area (Å²) in [6.45, 7) is -0.477. The number of aliphatic carboxylic acids is 1. The molecule has 0 aliphatic carbocycles. The van der Waals surface area contributed by atoms with Gasteiger partial charge in [-0.3, -0.25) is 4.79 Å². The van der Waals surface area contributed by atoms with Gasteiger partial charge in [0.1, 0.15) is 5.82 Å². The molecule has 6 nitrogen and oxygen atoms in total. The highest BCUT2D eigenvalue weighted by Gasteiger charge is 2.47. The Hall–Kier alpha value is -2.77. The number of carboxylic acid groups (broad SMARTS) is 1. The van der Waals surface area contributed by atoms with E-state index in [0.717, 1.165) is 4.90 Å². The molecule has 1 aromatic heterocycles. The molecule has 3 rings (SSSR count). The summed E-state index contributed by atoms with van der Waals surface area (Å²) in [5.41, 5.74) is -1.77. The van der Waals surface area contributed by atoms with Gasteiger partial charge in [0.25, 0.3) is 5.91 Å². The third-order valence-corrected chi connectivity index (χ3v) is 3.79. The van der Waals surface area contributed by atoms with Crippen molar-refractivity contribution in [3.8, 4) is 5.69 Å². The maximum absolute atomic E-state index is 14.0. The fraction of sp³-hybridized carbons (Fsp3) is 0.267. The largest absolute Gasteiger partial charge is 0.479 e. The number of nitrogens with zero attached hydrogens (tertiary/aromatic N) is 3. The van der Waals surface area contributed by atoms with Crippen molar-refractivity contribution in [1.29, 1.82) is 0 Å². The predicted molar refractivity (Wildman–Crippen MR) is 75.5 cm³/mol. The van der Waals surface area contributed by atoms with E-state index in [0.29, 0.717) is 5.69 Å². The fourth-order valence-corrected chi connectivity index (χ4v) is 2.46. The number of benzene rings is 1. The minimum absolute atomic E-state index is 0.0189. The number of rotatable bonds is 3. The molecule has 1 amide bonds. The van der Waals surface area contributed by atoms with E-state index in [4.69, 9.17) is 5.11 Å². The van der Waals surface area contributed by atoms with Gasteiger partial charge in [-0.1, -0.05) is 0 Å². The number of hydrogen-bond donors (Lipinski definition) is 1. The zero-order valence-corrected chi connectivity index (χ0v) is 11.9. The minimum Gasteiger partial charge on any atom is -0.479 e. The Morgan fingerprint density at radius 2 is 1.91 bits per heavy atom. The zero-order chi connectivity index (χ0) is 16.6. The maximum Gasteiger partial charge on any atom is 0.343 e. The Morgan fingerprint density at radius 1 is 1.22 bits per heavy atom. The van der Waals surface area contributed by atoms with Crippen LogP contribution in [0.25, 0.3) is 5.69 Å². The van der Waals surface area contributed by atoms with Gasteiger partial charge in [-0.05, 0) is 30.3 Å². The van der Waals surface area contributed by atoms with Gasteiger partial charge in [0, 0.05) is 19.2 Å². The third kappa shape index (κ3) is 2.79. The van der Waals surface area contributed by atoms with Crippen LogP contribution in [0, 0.1) is 5.82 Å². The molecule has 1 fully saturated rings. The minimum atomic E-state index is -2.41. The Bertz CT molecular complexity index is 760. The molecule has 1 unspecified atom stereocenters. The quantitative estimate of drug-likeness (QED) is 0.933. The second kappa shape index (κ2) is 5.45. The molecule has 1 saturated heterocycles. The third-order valence-electron chi connectivity index (χ3n) is 3.79. The van der Waals surface area contributed by atoms with E-state index in [-0.39, 0.29) is 24.5 Å². The molecule has 0 radical (unpaired) electrons. The van der Waals surface area contributed by atoms with Crippen LogP contribution in [0.1, 0.15) is 16.9 Å². The Balaban J connectivity index is 1.77. The van der Waals surface area contributed by atoms with Crippen LogP contribution in [0.5, 0.6) is 0 Å². The van der Waals surface area contributed by atoms with Crippen molar-refractivity contribution in [3.05, 3.63) is 48.0 Å². The zero-order valence-electron chi connectivity index (χ0n) is 11.9. The van der Waals surface area contributed by atoms with E-state index < -0.39 is 24.1 Å². The molecule has 120 valence electrons. The second-order valence-corrected chi connectivity index (χ2v) is 5.37. The summed E-state index contributed by atoms with van der Waals surface area (Å²) in [6, 6.07) is 6.99. The van der Waals surface area contributed by atoms with Crippen molar-refractivity contribution < 1.29 is 23.5 Å². The number of halogens is 2. The van der Waals surface area contributed by atoms with Crippen molar-refractivity contribution in [2.24, 2.45) is 0 Å². The first-order chi connectivity index (χ1) is 10.9. The van der Waals surface area contributed by atoms with E-state index in [2.05, 4.69) is 5.10 Å². The number of alkyl halides is 1. The molecule has 0 bridgehead atoms. The summed E-state index contributed by atoms with van der Waals surface area (Å²) in [7, 11) is 0. The van der Waals surface area contributed by atoms with Crippen LogP contribution in [-0.2, 0) is 4.79 Å². The first kappa shape index (κ1) is 15.1. The average molecular weight is 321 g/mol. The SMILES string of the molecule is O=C(c1ccn(-c2ccc(F)cc2)n1)N1CCC(F)(C(=O)O)C1. The molecule has 23 heavy (non-hydrogen) atoms. The lowest BCUT2D eigenvalue weighted by atomic mass is 10.1. The van der Waals surface area contributed by atoms with E-state index in [1.807, 2.05) is 0 Å². The molecule has 0 spiro atoms. The van der Waals surface area contributed by atoms with Gasteiger partial charge in [0.2, 0.25) is 5.67 Å². The summed E-state index contributed by atoms with van der Waals surface area (Å²) >= 11 is 0. The standard InChI is InChI=1S/C15H13F2N3O3/c16-10-1-3-11(4-2-10)20-7-5-12(18-20)13(21)19-8-6-15(17,9-19)14(22)23/h1-5,7H,6,8-9H2,(H,22,23). The maximum atomic E-state index is 14.0. The van der Waals surface area contributed by atoms with Crippen LogP contribution in [0.2, 0.25) is 0 Å². The van der Waals surface area contributed by atoms with Gasteiger partial charge in [-0.25, -0.2) is 18.3 Å². The number of amides is 1. The van der Waals surface area contributed by atoms with Gasteiger partial charge in [-0.15, -0.1) is 0 Å². The van der Waals surface area contributed by atoms with Crippen LogP contribution < -0.4 is 0 Å². The molecule has 2 aromatic rings. The molecule has 1 aliphatic rings. The Kier molecular flexibility index (Phi) is 3.59. The molecule has 1 N–H and O–H groups in total. The van der Waals surface area contributed by atoms with Gasteiger partial charge >= 0.3 is 5.97 Å². The van der Waals surface area contributed by atoms with E-state index in [1.165, 1.54) is 41.2 Å². The molecule has 2 heterocycles. The number of likely N-dealkylation sites (tertiary alicyclic amines) is 1. The lowest BCUT2D eigenvalue weighted by Gasteiger charge is -2.16. The highest BCUT2D eigenvalue weighted by Crippen LogP contribution is 2.27. The molecule has 1 atom stereocenters. The summed E-state index contributed by atoms with van der Waals surface area (Å²) in [6.07, 6.45) is 1.28. The highest BCUT2D eigenvalue weighted by molar-refractivity contribution is 5.93. The molecular weight excluding hydrogens is 308 g/mol. The van der Waals surface area contributed by atoms with Gasteiger partial charge in [0.05, 0.1) is 12.2 Å². The summed E-state index contributed by atoms with van der Waals surface area (Å²) < 4.78 is 28.3. The van der Waals surface area contributed by atoms with Gasteiger partial charge < -0.3 is 10.0 Å². The van der Waals surface area contributed by atoms with Crippen molar-refractivity contribution in [3.63, 3.8) is 0 Å². The first-order valence-electron chi connectivity index (χ1n) is 6.92. The van der Waals surface area contributed by atoms with Crippen LogP contribution in [-0.4, -0.2) is 50.4 Å². The van der Waals surface area contributed by atoms with E-state index in [9.17, 15) is 18.4 Å². The molecule has 0 saturated carbocycles. The summed E-state index contributed by atoms with van der Waals surface area (Å²) in [5, 5.41) is 12.9. The van der Waals surface area contributed by atoms with Crippen LogP contribution in [0.4, 0.5) is 8.78 Å². The van der Waals surface area contributed by atoms with Crippen molar-refractivity contribution in [1.82, 2.24) is 14.7 Å². The topological polar surface area (TPSA) is 75.4 Å². The van der Waals surface area contributed by atoms with Crippen molar-refractivity contribution in [2.75, 3.05) is 13.1 Å². The van der Waals surface area contributed by atoms with Crippen molar-refractivity contribution in [2.45, 2.75) is 12.1 Å². The number of hydrogen-bond acceptors (Lipinski definition) is 3. The molecular formula is C15H13F2N3O3. The molecule has 1 aromatic carbocycles. The lowest BCUT2D eigenvalue weighted by Crippen LogP contribution is -2.39. The average Bonchev–Trinajstić information content (AvgIpc) is 3.15. The van der Waals surface area contributed by atoms with Crippen LogP contribution in [0.15, 0.2) is 36.5 Å². The van der Waals surface area contributed by atoms with E-state index >= 15 is 0 Å². The number of carbonyl (C=O) groups is 2. The number of aromatic nitrogens is 2. The first-order valence-corrected chi connectivity index (χ1v) is 6.92. The lowest BCUT2D eigenvalue weighted by molar-refractivity contribution is -0.149. The molecule has 8 heteroatoms. The van der Waals surface area contributed by atoms with Crippen LogP contribution >= 0.6 is 0 Å². The second-order valence-electron chi connectivity index (χ2n) is 5.37. The highest BCUT2D eigenvalue weighted by atomic mass is 19.1. The number of carboxylic acids is 1. The van der Waals surface area contributed by atoms with Gasteiger partial charge in [0.15, 0.2) is 5.69 Å². The summed E-state index contributed by atoms with van der Waals surface area (Å²) in [5.74, 6) is -2.49.